The molecule has 1 aliphatic heterocycles. The Morgan fingerprint density at radius 2 is 1.88 bits per heavy atom. The molecule has 0 radical (unpaired) electrons. The number of amides is 2. The number of hydrogen-bond acceptors (Lipinski definition) is 2. The maximum atomic E-state index is 12.7. The van der Waals surface area contributed by atoms with Crippen LogP contribution in [0.15, 0.2) is 48.5 Å². The highest BCUT2D eigenvalue weighted by Crippen LogP contribution is 2.25. The van der Waals surface area contributed by atoms with Crippen molar-refractivity contribution < 1.29 is 9.59 Å². The Kier molecular flexibility index (Phi) is 5.71. The number of rotatable bonds is 6. The molecule has 0 aromatic heterocycles. The molecule has 0 bridgehead atoms. The van der Waals surface area contributed by atoms with E-state index in [1.807, 2.05) is 36.4 Å². The molecule has 2 aromatic carbocycles. The van der Waals surface area contributed by atoms with Crippen LogP contribution in [0.25, 0.3) is 0 Å². The van der Waals surface area contributed by atoms with Gasteiger partial charge in [-0.05, 0) is 55.0 Å². The van der Waals surface area contributed by atoms with E-state index in [1.165, 1.54) is 16.7 Å². The Bertz CT molecular complexity index is 783. The van der Waals surface area contributed by atoms with E-state index in [0.717, 1.165) is 18.5 Å². The minimum atomic E-state index is -0.572. The molecule has 0 spiro atoms. The molecular formula is C22H26N2O2. The molecule has 2 amide bonds. The smallest absolute Gasteiger partial charge is 0.239 e. The molecule has 1 heterocycles. The van der Waals surface area contributed by atoms with Gasteiger partial charge in [0.1, 0.15) is 5.92 Å². The van der Waals surface area contributed by atoms with Crippen LogP contribution in [0, 0.1) is 12.8 Å². The molecule has 1 N–H and O–H groups in total. The second-order valence-electron chi connectivity index (χ2n) is 6.82. The molecule has 2 aromatic rings. The first-order valence-electron chi connectivity index (χ1n) is 9.32. The summed E-state index contributed by atoms with van der Waals surface area (Å²) in [6, 6.07) is 16.2. The zero-order valence-corrected chi connectivity index (χ0v) is 15.5. The summed E-state index contributed by atoms with van der Waals surface area (Å²) in [5.74, 6) is -0.823. The summed E-state index contributed by atoms with van der Waals surface area (Å²) in [7, 11) is 0. The molecule has 3 rings (SSSR count). The SMILES string of the molecule is CCc1ccc(N2CC[C@H](C(=O)NCCc3ccccc3C)C2=O)cc1. The second kappa shape index (κ2) is 8.17. The summed E-state index contributed by atoms with van der Waals surface area (Å²) >= 11 is 0. The van der Waals surface area contributed by atoms with Gasteiger partial charge in [0.2, 0.25) is 11.8 Å². The largest absolute Gasteiger partial charge is 0.355 e. The number of nitrogens with one attached hydrogen (secondary N) is 1. The number of nitrogens with zero attached hydrogens (tertiary/aromatic N) is 1. The van der Waals surface area contributed by atoms with E-state index in [4.69, 9.17) is 0 Å². The van der Waals surface area contributed by atoms with Crippen molar-refractivity contribution in [2.45, 2.75) is 33.1 Å². The van der Waals surface area contributed by atoms with Gasteiger partial charge in [0.25, 0.3) is 0 Å². The lowest BCUT2D eigenvalue weighted by Crippen LogP contribution is -2.37. The number of anilines is 1. The van der Waals surface area contributed by atoms with Crippen LogP contribution in [-0.2, 0) is 22.4 Å². The van der Waals surface area contributed by atoms with E-state index in [9.17, 15) is 9.59 Å². The van der Waals surface area contributed by atoms with E-state index >= 15 is 0 Å². The zero-order chi connectivity index (χ0) is 18.5. The average Bonchev–Trinajstić information content (AvgIpc) is 3.05. The first kappa shape index (κ1) is 18.2. The van der Waals surface area contributed by atoms with E-state index in [0.29, 0.717) is 19.5 Å². The summed E-state index contributed by atoms with van der Waals surface area (Å²) in [6.07, 6.45) is 2.33. The van der Waals surface area contributed by atoms with E-state index in [1.54, 1.807) is 4.90 Å². The van der Waals surface area contributed by atoms with Crippen LogP contribution in [-0.4, -0.2) is 24.9 Å². The normalized spacial score (nSPS) is 16.8. The Morgan fingerprint density at radius 3 is 2.58 bits per heavy atom. The van der Waals surface area contributed by atoms with E-state index in [2.05, 4.69) is 31.3 Å². The number of carbonyl (C=O) groups excluding carboxylic acids is 2. The molecule has 0 aliphatic carbocycles. The monoisotopic (exact) mass is 350 g/mol. The highest BCUT2D eigenvalue weighted by molar-refractivity contribution is 6.09. The Hall–Kier alpha value is -2.62. The standard InChI is InChI=1S/C22H26N2O2/c1-3-17-8-10-19(11-9-17)24-15-13-20(22(24)26)21(25)23-14-12-18-7-5-4-6-16(18)2/h4-11,20H,3,12-15H2,1-2H3,(H,23,25)/t20-/m1/s1. The Balaban J connectivity index is 1.55. The lowest BCUT2D eigenvalue weighted by Gasteiger charge is -2.17. The van der Waals surface area contributed by atoms with Gasteiger partial charge in [-0.15, -0.1) is 0 Å². The van der Waals surface area contributed by atoms with Gasteiger partial charge < -0.3 is 10.2 Å². The van der Waals surface area contributed by atoms with Gasteiger partial charge in [-0.2, -0.15) is 0 Å². The fraction of sp³-hybridized carbons (Fsp3) is 0.364. The summed E-state index contributed by atoms with van der Waals surface area (Å²) in [6.45, 7) is 5.32. The van der Waals surface area contributed by atoms with Crippen molar-refractivity contribution in [1.82, 2.24) is 5.32 Å². The van der Waals surface area contributed by atoms with Crippen LogP contribution >= 0.6 is 0 Å². The van der Waals surface area contributed by atoms with Crippen molar-refractivity contribution in [1.29, 1.82) is 0 Å². The third-order valence-corrected chi connectivity index (χ3v) is 5.13. The number of aryl methyl sites for hydroxylation is 2. The number of hydrogen-bond donors (Lipinski definition) is 1. The first-order valence-corrected chi connectivity index (χ1v) is 9.32. The predicted molar refractivity (Wildman–Crippen MR) is 104 cm³/mol. The highest BCUT2D eigenvalue weighted by Gasteiger charge is 2.37. The van der Waals surface area contributed by atoms with Crippen LogP contribution in [0.5, 0.6) is 0 Å². The Morgan fingerprint density at radius 1 is 1.15 bits per heavy atom. The zero-order valence-electron chi connectivity index (χ0n) is 15.5. The lowest BCUT2D eigenvalue weighted by atomic mass is 10.1. The molecule has 136 valence electrons. The predicted octanol–water partition coefficient (Wildman–Crippen LogP) is 3.27. The van der Waals surface area contributed by atoms with Gasteiger partial charge in [-0.25, -0.2) is 0 Å². The van der Waals surface area contributed by atoms with Crippen LogP contribution in [0.2, 0.25) is 0 Å². The molecule has 1 saturated heterocycles. The van der Waals surface area contributed by atoms with Gasteiger partial charge in [0.15, 0.2) is 0 Å². The van der Waals surface area contributed by atoms with Gasteiger partial charge in [-0.3, -0.25) is 9.59 Å². The fourth-order valence-electron chi connectivity index (χ4n) is 3.43. The quantitative estimate of drug-likeness (QED) is 0.813. The number of carbonyl (C=O) groups is 2. The minimum Gasteiger partial charge on any atom is -0.355 e. The van der Waals surface area contributed by atoms with Gasteiger partial charge in [0, 0.05) is 18.8 Å². The summed E-state index contributed by atoms with van der Waals surface area (Å²) in [5.41, 5.74) is 4.57. The average molecular weight is 350 g/mol. The minimum absolute atomic E-state index is 0.0948. The first-order chi connectivity index (χ1) is 12.6. The molecule has 4 nitrogen and oxygen atoms in total. The molecule has 1 fully saturated rings. The third-order valence-electron chi connectivity index (χ3n) is 5.13. The molecule has 0 saturated carbocycles. The maximum absolute atomic E-state index is 12.7. The van der Waals surface area contributed by atoms with E-state index < -0.39 is 5.92 Å². The van der Waals surface area contributed by atoms with Crippen molar-refractivity contribution in [2.75, 3.05) is 18.0 Å². The van der Waals surface area contributed by atoms with Crippen LogP contribution in [0.1, 0.15) is 30.0 Å². The van der Waals surface area contributed by atoms with Crippen LogP contribution < -0.4 is 10.2 Å². The molecule has 0 unspecified atom stereocenters. The number of benzene rings is 2. The lowest BCUT2D eigenvalue weighted by molar-refractivity contribution is -0.132. The molecule has 1 atom stereocenters. The van der Waals surface area contributed by atoms with Crippen molar-refractivity contribution in [3.8, 4) is 0 Å². The molecule has 1 aliphatic rings. The highest BCUT2D eigenvalue weighted by atomic mass is 16.2. The summed E-state index contributed by atoms with van der Waals surface area (Å²) < 4.78 is 0. The van der Waals surface area contributed by atoms with Gasteiger partial charge >= 0.3 is 0 Å². The Labute approximate surface area is 155 Å². The molecule has 26 heavy (non-hydrogen) atoms. The van der Waals surface area contributed by atoms with Crippen LogP contribution in [0.3, 0.4) is 0 Å². The van der Waals surface area contributed by atoms with Crippen molar-refractivity contribution in [3.05, 3.63) is 65.2 Å². The second-order valence-corrected chi connectivity index (χ2v) is 6.82. The van der Waals surface area contributed by atoms with Crippen LogP contribution in [0.4, 0.5) is 5.69 Å². The molecule has 4 heteroatoms. The van der Waals surface area contributed by atoms with Crippen molar-refractivity contribution in [3.63, 3.8) is 0 Å². The molecular weight excluding hydrogens is 324 g/mol. The van der Waals surface area contributed by atoms with Crippen molar-refractivity contribution >= 4 is 17.5 Å². The topological polar surface area (TPSA) is 49.4 Å². The third kappa shape index (κ3) is 3.96. The van der Waals surface area contributed by atoms with Gasteiger partial charge in [0.05, 0.1) is 0 Å². The summed E-state index contributed by atoms with van der Waals surface area (Å²) in [5, 5.41) is 2.93. The summed E-state index contributed by atoms with van der Waals surface area (Å²) in [4.78, 5) is 26.8. The van der Waals surface area contributed by atoms with E-state index in [-0.39, 0.29) is 11.8 Å². The maximum Gasteiger partial charge on any atom is 0.239 e. The van der Waals surface area contributed by atoms with Gasteiger partial charge in [-0.1, -0.05) is 43.3 Å². The van der Waals surface area contributed by atoms with Crippen molar-refractivity contribution in [2.24, 2.45) is 5.92 Å². The fourth-order valence-corrected chi connectivity index (χ4v) is 3.43.